The fraction of sp³-hybridized carbons (Fsp3) is 0.538. The van der Waals surface area contributed by atoms with Gasteiger partial charge in [0.25, 0.3) is 0 Å². The highest BCUT2D eigenvalue weighted by atomic mass is 32.2. The highest BCUT2D eigenvalue weighted by molar-refractivity contribution is 7.92. The largest absolute Gasteiger partial charge is 0.396 e. The van der Waals surface area contributed by atoms with E-state index < -0.39 is 10.0 Å². The predicted octanol–water partition coefficient (Wildman–Crippen LogP) is 1.09. The molecule has 0 bridgehead atoms. The fourth-order valence-corrected chi connectivity index (χ4v) is 2.91. The number of sulfonamides is 1. The topological polar surface area (TPSA) is 92.4 Å². The third-order valence-corrected chi connectivity index (χ3v) is 4.06. The van der Waals surface area contributed by atoms with E-state index in [1.165, 1.54) is 0 Å². The maximum absolute atomic E-state index is 11.8. The van der Waals surface area contributed by atoms with Gasteiger partial charge in [0.15, 0.2) is 0 Å². The Balaban J connectivity index is 2.60. The van der Waals surface area contributed by atoms with Gasteiger partial charge in [0.1, 0.15) is 0 Å². The van der Waals surface area contributed by atoms with Gasteiger partial charge in [0.2, 0.25) is 10.0 Å². The maximum Gasteiger partial charge on any atom is 0.232 e. The van der Waals surface area contributed by atoms with Crippen molar-refractivity contribution in [3.8, 4) is 0 Å². The summed E-state index contributed by atoms with van der Waals surface area (Å²) in [7, 11) is -3.30. The van der Waals surface area contributed by atoms with Crippen LogP contribution in [0, 0.1) is 0 Å². The third-order valence-electron chi connectivity index (χ3n) is 2.69. The van der Waals surface area contributed by atoms with Crippen molar-refractivity contribution in [3.63, 3.8) is 0 Å². The normalized spacial score (nSPS) is 11.5. The number of unbranched alkanes of at least 4 members (excludes halogenated alkanes) is 1. The Labute approximate surface area is 114 Å². The Kier molecular flexibility index (Phi) is 6.83. The molecule has 0 aromatic heterocycles. The average Bonchev–Trinajstić information content (AvgIpc) is 2.36. The van der Waals surface area contributed by atoms with Crippen molar-refractivity contribution in [3.05, 3.63) is 29.8 Å². The van der Waals surface area contributed by atoms with Crippen LogP contribution in [0.3, 0.4) is 0 Å². The molecule has 0 heterocycles. The van der Waals surface area contributed by atoms with Gasteiger partial charge in [-0.2, -0.15) is 0 Å². The molecular formula is C13H22N2O3S. The first-order valence-corrected chi connectivity index (χ1v) is 8.13. The van der Waals surface area contributed by atoms with Crippen LogP contribution in [0.2, 0.25) is 0 Å². The molecule has 0 unspecified atom stereocenters. The molecule has 0 radical (unpaired) electrons. The molecule has 0 amide bonds. The zero-order chi connectivity index (χ0) is 14.1. The summed E-state index contributed by atoms with van der Waals surface area (Å²) in [5, 5.41) is 8.78. The highest BCUT2D eigenvalue weighted by Crippen LogP contribution is 2.14. The van der Waals surface area contributed by atoms with Crippen molar-refractivity contribution in [2.45, 2.75) is 25.7 Å². The Bertz CT molecular complexity index is 475. The summed E-state index contributed by atoms with van der Waals surface area (Å²) in [4.78, 5) is 0. The van der Waals surface area contributed by atoms with Crippen LogP contribution in [0.15, 0.2) is 24.3 Å². The standard InChI is InChI=1S/C13H22N2O3S/c14-8-1-2-10-19(17,18)15-13-7-3-5-12(11-13)6-4-9-16/h3,5,7,11,15-16H,1-2,4,6,8-10,14H2. The molecule has 0 spiro atoms. The number of aliphatic hydroxyl groups excluding tert-OH is 1. The first-order valence-electron chi connectivity index (χ1n) is 6.48. The number of nitrogens with two attached hydrogens (primary N) is 1. The van der Waals surface area contributed by atoms with E-state index in [2.05, 4.69) is 4.72 Å². The number of aliphatic hydroxyl groups is 1. The van der Waals surface area contributed by atoms with Crippen molar-refractivity contribution in [2.24, 2.45) is 5.73 Å². The molecule has 1 aromatic carbocycles. The number of rotatable bonds is 9. The van der Waals surface area contributed by atoms with Crippen LogP contribution in [0.25, 0.3) is 0 Å². The van der Waals surface area contributed by atoms with Gasteiger partial charge < -0.3 is 10.8 Å². The van der Waals surface area contributed by atoms with E-state index in [1.807, 2.05) is 12.1 Å². The van der Waals surface area contributed by atoms with Crippen LogP contribution in [0.4, 0.5) is 5.69 Å². The molecular weight excluding hydrogens is 264 g/mol. The molecule has 0 saturated carbocycles. The molecule has 0 saturated heterocycles. The summed E-state index contributed by atoms with van der Waals surface area (Å²) in [6.45, 7) is 0.640. The van der Waals surface area contributed by atoms with Crippen molar-refractivity contribution in [1.82, 2.24) is 0 Å². The zero-order valence-electron chi connectivity index (χ0n) is 11.0. The lowest BCUT2D eigenvalue weighted by Crippen LogP contribution is -2.17. The second kappa shape index (κ2) is 8.14. The van der Waals surface area contributed by atoms with Gasteiger partial charge in [-0.25, -0.2) is 8.42 Å². The number of hydrogen-bond donors (Lipinski definition) is 3. The molecule has 5 nitrogen and oxygen atoms in total. The lowest BCUT2D eigenvalue weighted by atomic mass is 10.1. The SMILES string of the molecule is NCCCCS(=O)(=O)Nc1cccc(CCCO)c1. The van der Waals surface area contributed by atoms with Gasteiger partial charge in [-0.05, 0) is 49.9 Å². The van der Waals surface area contributed by atoms with Gasteiger partial charge in [-0.3, -0.25) is 4.72 Å². The first-order chi connectivity index (χ1) is 9.07. The summed E-state index contributed by atoms with van der Waals surface area (Å²) in [6, 6.07) is 7.26. The average molecular weight is 286 g/mol. The quantitative estimate of drug-likeness (QED) is 0.593. The van der Waals surface area contributed by atoms with Crippen molar-refractivity contribution >= 4 is 15.7 Å². The van der Waals surface area contributed by atoms with Crippen LogP contribution >= 0.6 is 0 Å². The molecule has 1 rings (SSSR count). The van der Waals surface area contributed by atoms with E-state index >= 15 is 0 Å². The van der Waals surface area contributed by atoms with Crippen LogP contribution in [-0.2, 0) is 16.4 Å². The molecule has 0 aliphatic rings. The van der Waals surface area contributed by atoms with E-state index in [-0.39, 0.29) is 12.4 Å². The monoisotopic (exact) mass is 286 g/mol. The summed E-state index contributed by atoms with van der Waals surface area (Å²) in [5.74, 6) is 0.0884. The summed E-state index contributed by atoms with van der Waals surface area (Å²) < 4.78 is 26.2. The van der Waals surface area contributed by atoms with E-state index in [0.29, 0.717) is 31.5 Å². The first kappa shape index (κ1) is 15.9. The molecule has 0 aliphatic carbocycles. The maximum atomic E-state index is 11.8. The van der Waals surface area contributed by atoms with E-state index in [0.717, 1.165) is 12.0 Å². The minimum atomic E-state index is -3.30. The summed E-state index contributed by atoms with van der Waals surface area (Å²) in [5.41, 5.74) is 6.92. The lowest BCUT2D eigenvalue weighted by Gasteiger charge is -2.09. The molecule has 0 fully saturated rings. The van der Waals surface area contributed by atoms with Gasteiger partial charge >= 0.3 is 0 Å². The molecule has 6 heteroatoms. The van der Waals surface area contributed by atoms with Crippen LogP contribution in [0.1, 0.15) is 24.8 Å². The van der Waals surface area contributed by atoms with E-state index in [4.69, 9.17) is 10.8 Å². The van der Waals surface area contributed by atoms with Gasteiger partial charge in [-0.15, -0.1) is 0 Å². The minimum Gasteiger partial charge on any atom is -0.396 e. The van der Waals surface area contributed by atoms with Gasteiger partial charge in [0, 0.05) is 12.3 Å². The second-order valence-corrected chi connectivity index (χ2v) is 6.29. The Morgan fingerprint density at radius 1 is 1.21 bits per heavy atom. The smallest absolute Gasteiger partial charge is 0.232 e. The Hall–Kier alpha value is -1.11. The molecule has 0 atom stereocenters. The Morgan fingerprint density at radius 2 is 2.00 bits per heavy atom. The van der Waals surface area contributed by atoms with Gasteiger partial charge in [0.05, 0.1) is 5.75 Å². The number of hydrogen-bond acceptors (Lipinski definition) is 4. The van der Waals surface area contributed by atoms with Crippen molar-refractivity contribution in [1.29, 1.82) is 0 Å². The minimum absolute atomic E-state index is 0.0884. The third kappa shape index (κ3) is 6.56. The number of aryl methyl sites for hydroxylation is 1. The fourth-order valence-electron chi connectivity index (χ4n) is 1.74. The lowest BCUT2D eigenvalue weighted by molar-refractivity contribution is 0.288. The molecule has 1 aromatic rings. The van der Waals surface area contributed by atoms with E-state index in [9.17, 15) is 8.42 Å². The Morgan fingerprint density at radius 3 is 2.68 bits per heavy atom. The van der Waals surface area contributed by atoms with Crippen molar-refractivity contribution in [2.75, 3.05) is 23.6 Å². The molecule has 108 valence electrons. The predicted molar refractivity (Wildman–Crippen MR) is 77.5 cm³/mol. The van der Waals surface area contributed by atoms with Crippen LogP contribution in [0.5, 0.6) is 0 Å². The molecule has 0 aliphatic heterocycles. The highest BCUT2D eigenvalue weighted by Gasteiger charge is 2.09. The molecule has 4 N–H and O–H groups in total. The van der Waals surface area contributed by atoms with E-state index in [1.54, 1.807) is 12.1 Å². The van der Waals surface area contributed by atoms with Crippen molar-refractivity contribution < 1.29 is 13.5 Å². The summed E-state index contributed by atoms with van der Waals surface area (Å²) >= 11 is 0. The zero-order valence-corrected chi connectivity index (χ0v) is 11.8. The number of anilines is 1. The van der Waals surface area contributed by atoms with Gasteiger partial charge in [-0.1, -0.05) is 12.1 Å². The number of benzene rings is 1. The van der Waals surface area contributed by atoms with Crippen LogP contribution in [-0.4, -0.2) is 32.4 Å². The molecule has 19 heavy (non-hydrogen) atoms. The summed E-state index contributed by atoms with van der Waals surface area (Å²) in [6.07, 6.45) is 2.68. The number of nitrogens with one attached hydrogen (secondary N) is 1. The van der Waals surface area contributed by atoms with Crippen LogP contribution < -0.4 is 10.5 Å². The second-order valence-electron chi connectivity index (χ2n) is 4.44.